The first-order valence-electron chi connectivity index (χ1n) is 8.38. The molecule has 1 heterocycles. The van der Waals surface area contributed by atoms with Crippen molar-refractivity contribution >= 4 is 22.7 Å². The van der Waals surface area contributed by atoms with Crippen LogP contribution in [-0.4, -0.2) is 11.8 Å². The summed E-state index contributed by atoms with van der Waals surface area (Å²) in [6.07, 6.45) is 8.39. The molecule has 1 aromatic heterocycles. The fourth-order valence-electron chi connectivity index (χ4n) is 2.98. The number of allylic oxidation sites excluding steroid dienone is 1. The van der Waals surface area contributed by atoms with E-state index in [1.807, 2.05) is 6.08 Å². The van der Waals surface area contributed by atoms with Gasteiger partial charge in [-0.2, -0.15) is 0 Å². The summed E-state index contributed by atoms with van der Waals surface area (Å²) in [6.45, 7) is 2.09. The Bertz CT molecular complexity index is 675. The minimum absolute atomic E-state index is 0.447. The predicted octanol–water partition coefficient (Wildman–Crippen LogP) is 5.18. The van der Waals surface area contributed by atoms with Crippen molar-refractivity contribution in [2.24, 2.45) is 10.7 Å². The van der Waals surface area contributed by atoms with Gasteiger partial charge in [-0.15, -0.1) is 11.3 Å². The van der Waals surface area contributed by atoms with Crippen LogP contribution in [0.3, 0.4) is 0 Å². The first-order valence-corrected chi connectivity index (χ1v) is 9.26. The van der Waals surface area contributed by atoms with E-state index in [9.17, 15) is 0 Å². The molecule has 2 N–H and O–H groups in total. The number of rotatable bonds is 4. The molecule has 2 aromatic rings. The van der Waals surface area contributed by atoms with Crippen molar-refractivity contribution in [1.82, 2.24) is 0 Å². The van der Waals surface area contributed by atoms with Crippen molar-refractivity contribution in [2.45, 2.75) is 45.1 Å². The summed E-state index contributed by atoms with van der Waals surface area (Å²) in [7, 11) is 0. The molecule has 1 aliphatic rings. The smallest absolute Gasteiger partial charge is 0.0770 e. The Morgan fingerprint density at radius 3 is 2.52 bits per heavy atom. The third-order valence-electron chi connectivity index (χ3n) is 4.35. The molecule has 3 heteroatoms. The molecule has 1 aliphatic carbocycles. The maximum atomic E-state index is 6.34. The Morgan fingerprint density at radius 2 is 1.87 bits per heavy atom. The Kier molecular flexibility index (Phi) is 5.29. The lowest BCUT2D eigenvalue weighted by Gasteiger charge is -2.18. The highest BCUT2D eigenvalue weighted by Crippen LogP contribution is 2.23. The summed E-state index contributed by atoms with van der Waals surface area (Å²) in [6, 6.07) is 13.0. The largest absolute Gasteiger partial charge is 0.398 e. The van der Waals surface area contributed by atoms with E-state index in [0.717, 1.165) is 17.0 Å². The van der Waals surface area contributed by atoms with Crippen LogP contribution in [-0.2, 0) is 0 Å². The third kappa shape index (κ3) is 4.32. The lowest BCUT2D eigenvalue weighted by molar-refractivity contribution is 0.444. The molecular formula is C20H24N2S. The second kappa shape index (κ2) is 7.60. The SMILES string of the molecule is Cc1ccc(/C(N)=C/C(=NC2CCCCC2)c2cccs2)cc1. The molecule has 0 bridgehead atoms. The lowest BCUT2D eigenvalue weighted by Crippen LogP contribution is -2.13. The molecule has 120 valence electrons. The van der Waals surface area contributed by atoms with Gasteiger partial charge >= 0.3 is 0 Å². The highest BCUT2D eigenvalue weighted by Gasteiger charge is 2.14. The van der Waals surface area contributed by atoms with Gasteiger partial charge in [0.25, 0.3) is 0 Å². The second-order valence-electron chi connectivity index (χ2n) is 6.25. The number of thiophene rings is 1. The second-order valence-corrected chi connectivity index (χ2v) is 7.20. The van der Waals surface area contributed by atoms with Gasteiger partial charge in [-0.05, 0) is 42.9 Å². The summed E-state index contributed by atoms with van der Waals surface area (Å²) in [5, 5.41) is 2.10. The number of hydrogen-bond acceptors (Lipinski definition) is 3. The number of hydrogen-bond donors (Lipinski definition) is 1. The van der Waals surface area contributed by atoms with E-state index in [1.54, 1.807) is 11.3 Å². The molecule has 0 saturated heterocycles. The average Bonchev–Trinajstić information content (AvgIpc) is 3.10. The number of aliphatic imine (C=N–C) groups is 1. The van der Waals surface area contributed by atoms with Crippen LogP contribution >= 0.6 is 11.3 Å². The van der Waals surface area contributed by atoms with Crippen LogP contribution in [0.4, 0.5) is 0 Å². The number of aryl methyl sites for hydroxylation is 1. The maximum Gasteiger partial charge on any atom is 0.0770 e. The molecule has 0 atom stereocenters. The van der Waals surface area contributed by atoms with Gasteiger partial charge < -0.3 is 5.73 Å². The van der Waals surface area contributed by atoms with Crippen molar-refractivity contribution < 1.29 is 0 Å². The van der Waals surface area contributed by atoms with E-state index in [1.165, 1.54) is 42.5 Å². The fourth-order valence-corrected chi connectivity index (χ4v) is 3.67. The van der Waals surface area contributed by atoms with Gasteiger partial charge in [-0.25, -0.2) is 0 Å². The molecule has 0 spiro atoms. The minimum Gasteiger partial charge on any atom is -0.398 e. The highest BCUT2D eigenvalue weighted by atomic mass is 32.1. The van der Waals surface area contributed by atoms with Gasteiger partial charge in [0.2, 0.25) is 0 Å². The van der Waals surface area contributed by atoms with Crippen LogP contribution < -0.4 is 5.73 Å². The topological polar surface area (TPSA) is 38.4 Å². The summed E-state index contributed by atoms with van der Waals surface area (Å²) < 4.78 is 0. The summed E-state index contributed by atoms with van der Waals surface area (Å²) in [5.74, 6) is 0. The minimum atomic E-state index is 0.447. The van der Waals surface area contributed by atoms with Crippen molar-refractivity contribution in [3.63, 3.8) is 0 Å². The number of nitrogens with zero attached hydrogens (tertiary/aromatic N) is 1. The van der Waals surface area contributed by atoms with Crippen molar-refractivity contribution in [2.75, 3.05) is 0 Å². The predicted molar refractivity (Wildman–Crippen MR) is 101 cm³/mol. The maximum absolute atomic E-state index is 6.34. The molecular weight excluding hydrogens is 300 g/mol. The normalized spacial score (nSPS) is 17.4. The van der Waals surface area contributed by atoms with E-state index in [2.05, 4.69) is 48.7 Å². The number of benzene rings is 1. The van der Waals surface area contributed by atoms with E-state index >= 15 is 0 Å². The Labute approximate surface area is 142 Å². The van der Waals surface area contributed by atoms with Gasteiger partial charge in [-0.3, -0.25) is 4.99 Å². The highest BCUT2D eigenvalue weighted by molar-refractivity contribution is 7.12. The molecule has 0 unspecified atom stereocenters. The van der Waals surface area contributed by atoms with Crippen molar-refractivity contribution in [3.05, 3.63) is 63.9 Å². The lowest BCUT2D eigenvalue weighted by atomic mass is 9.96. The van der Waals surface area contributed by atoms with Gasteiger partial charge in [0, 0.05) is 5.70 Å². The standard InChI is InChI=1S/C20H24N2S/c1-15-9-11-16(12-10-15)18(21)14-19(20-8-5-13-23-20)22-17-6-3-2-4-7-17/h5,8-14,17H,2-4,6-7,21H2,1H3/b18-14-,22-19?. The quantitative estimate of drug-likeness (QED) is 0.773. The van der Waals surface area contributed by atoms with E-state index < -0.39 is 0 Å². The molecule has 0 aliphatic heterocycles. The molecule has 1 saturated carbocycles. The average molecular weight is 324 g/mol. The zero-order valence-corrected chi connectivity index (χ0v) is 14.5. The summed E-state index contributed by atoms with van der Waals surface area (Å²) in [4.78, 5) is 6.23. The van der Waals surface area contributed by atoms with E-state index in [0.29, 0.717) is 6.04 Å². The first-order chi connectivity index (χ1) is 11.2. The fraction of sp³-hybridized carbons (Fsp3) is 0.350. The molecule has 0 amide bonds. The third-order valence-corrected chi connectivity index (χ3v) is 5.24. The molecule has 3 rings (SSSR count). The van der Waals surface area contributed by atoms with Crippen molar-refractivity contribution in [3.8, 4) is 0 Å². The molecule has 2 nitrogen and oxygen atoms in total. The van der Waals surface area contributed by atoms with Gasteiger partial charge in [0.15, 0.2) is 0 Å². The van der Waals surface area contributed by atoms with Crippen LogP contribution in [0.2, 0.25) is 0 Å². The first kappa shape index (κ1) is 16.0. The Hall–Kier alpha value is -1.87. The molecule has 1 aromatic carbocycles. The summed E-state index contributed by atoms with van der Waals surface area (Å²) >= 11 is 1.73. The van der Waals surface area contributed by atoms with Gasteiger partial charge in [0.1, 0.15) is 0 Å². The number of nitrogens with two attached hydrogens (primary N) is 1. The molecule has 0 radical (unpaired) electrons. The Balaban J connectivity index is 1.90. The zero-order chi connectivity index (χ0) is 16.1. The Morgan fingerprint density at radius 1 is 1.13 bits per heavy atom. The van der Waals surface area contributed by atoms with Crippen LogP contribution in [0.5, 0.6) is 0 Å². The van der Waals surface area contributed by atoms with Crippen LogP contribution in [0, 0.1) is 6.92 Å². The van der Waals surface area contributed by atoms with Crippen LogP contribution in [0.25, 0.3) is 5.70 Å². The van der Waals surface area contributed by atoms with E-state index in [-0.39, 0.29) is 0 Å². The van der Waals surface area contributed by atoms with Gasteiger partial charge in [-0.1, -0.05) is 55.2 Å². The molecule has 23 heavy (non-hydrogen) atoms. The van der Waals surface area contributed by atoms with Crippen LogP contribution in [0.15, 0.2) is 52.8 Å². The zero-order valence-electron chi connectivity index (χ0n) is 13.7. The van der Waals surface area contributed by atoms with Crippen LogP contribution in [0.1, 0.15) is 48.1 Å². The monoisotopic (exact) mass is 324 g/mol. The molecule has 1 fully saturated rings. The van der Waals surface area contributed by atoms with E-state index in [4.69, 9.17) is 10.7 Å². The van der Waals surface area contributed by atoms with Crippen molar-refractivity contribution in [1.29, 1.82) is 0 Å². The van der Waals surface area contributed by atoms with Gasteiger partial charge in [0.05, 0.1) is 16.6 Å². The summed E-state index contributed by atoms with van der Waals surface area (Å²) in [5.41, 5.74) is 10.5.